The molecule has 0 unspecified atom stereocenters. The number of aromatic nitrogens is 1. The fraction of sp³-hybridized carbons (Fsp3) is 0.308. The molecule has 1 heterocycles. The average Bonchev–Trinajstić information content (AvgIpc) is 2.86. The lowest BCUT2D eigenvalue weighted by molar-refractivity contribution is -0.383. The molecule has 0 spiro atoms. The normalized spacial score (nSPS) is 11.4. The lowest BCUT2D eigenvalue weighted by Gasteiger charge is -2.09. The zero-order valence-electron chi connectivity index (χ0n) is 13.0. The van der Waals surface area contributed by atoms with E-state index < -0.39 is 51.3 Å². The molecule has 0 saturated carbocycles. The first kappa shape index (κ1) is 19.4. The van der Waals surface area contributed by atoms with E-state index in [0.29, 0.717) is 16.7 Å². The topological polar surface area (TPSA) is 121 Å². The molecule has 26 heavy (non-hydrogen) atoms. The van der Waals surface area contributed by atoms with Gasteiger partial charge >= 0.3 is 23.0 Å². The first-order chi connectivity index (χ1) is 12.1. The van der Waals surface area contributed by atoms with Crippen LogP contribution in [0.15, 0.2) is 16.9 Å². The molecule has 13 heteroatoms. The van der Waals surface area contributed by atoms with Gasteiger partial charge < -0.3 is 10.1 Å². The number of nitro groups is 1. The van der Waals surface area contributed by atoms with Gasteiger partial charge in [-0.2, -0.15) is 13.2 Å². The van der Waals surface area contributed by atoms with Crippen molar-refractivity contribution in [3.05, 3.63) is 37.5 Å². The van der Waals surface area contributed by atoms with Gasteiger partial charge in [0.05, 0.1) is 22.6 Å². The van der Waals surface area contributed by atoms with Gasteiger partial charge in [-0.3, -0.25) is 19.7 Å². The number of nitrogens with one attached hydrogen (secondary N) is 1. The number of non-ortho nitro benzene ring substituents is 1. The van der Waals surface area contributed by atoms with Gasteiger partial charge in [-0.05, 0) is 13.0 Å². The van der Waals surface area contributed by atoms with Crippen LogP contribution in [0.25, 0.3) is 10.2 Å². The number of ether oxygens (including phenoxy) is 1. The number of benzene rings is 1. The highest BCUT2D eigenvalue weighted by atomic mass is 32.1. The summed E-state index contributed by atoms with van der Waals surface area (Å²) in [5.74, 6) is -0.824. The van der Waals surface area contributed by atoms with Gasteiger partial charge in [-0.15, -0.1) is 0 Å². The molecule has 0 atom stereocenters. The molecule has 1 amide bonds. The largest absolute Gasteiger partial charge is 0.465 e. The highest BCUT2D eigenvalue weighted by Gasteiger charge is 2.35. The van der Waals surface area contributed by atoms with Crippen LogP contribution < -0.4 is 10.2 Å². The monoisotopic (exact) mass is 393 g/mol. The predicted octanol–water partition coefficient (Wildman–Crippen LogP) is 2.11. The molecule has 0 aliphatic carbocycles. The van der Waals surface area contributed by atoms with Crippen LogP contribution in [-0.4, -0.2) is 34.6 Å². The number of rotatable bonds is 4. The summed E-state index contributed by atoms with van der Waals surface area (Å²) >= 11 is 0.247. The smallest absolute Gasteiger partial charge is 0.416 e. The fourth-order valence-electron chi connectivity index (χ4n) is 2.03. The van der Waals surface area contributed by atoms with E-state index >= 15 is 0 Å². The number of halogens is 3. The second kappa shape index (κ2) is 7.11. The molecular weight excluding hydrogens is 383 g/mol. The third-order valence-corrected chi connectivity index (χ3v) is 4.06. The highest BCUT2D eigenvalue weighted by Crippen LogP contribution is 2.37. The van der Waals surface area contributed by atoms with Crippen molar-refractivity contribution in [1.29, 1.82) is 0 Å². The molecule has 0 radical (unpaired) electrons. The number of esters is 1. The van der Waals surface area contributed by atoms with Crippen molar-refractivity contribution < 1.29 is 32.4 Å². The maximum Gasteiger partial charge on any atom is 0.416 e. The van der Waals surface area contributed by atoms with E-state index in [0.717, 1.165) is 0 Å². The van der Waals surface area contributed by atoms with Gasteiger partial charge in [0, 0.05) is 6.07 Å². The Morgan fingerprint density at radius 3 is 2.58 bits per heavy atom. The maximum atomic E-state index is 13.0. The van der Waals surface area contributed by atoms with E-state index in [1.165, 1.54) is 6.92 Å². The highest BCUT2D eigenvalue weighted by molar-refractivity contribution is 7.17. The van der Waals surface area contributed by atoms with Crippen LogP contribution in [-0.2, 0) is 15.7 Å². The summed E-state index contributed by atoms with van der Waals surface area (Å²) in [6.45, 7) is 0.934. The van der Waals surface area contributed by atoms with E-state index in [-0.39, 0.29) is 22.6 Å². The zero-order chi connectivity index (χ0) is 19.6. The molecule has 9 nitrogen and oxygen atoms in total. The van der Waals surface area contributed by atoms with Crippen molar-refractivity contribution in [3.63, 3.8) is 0 Å². The number of alkyl halides is 3. The molecule has 1 N–H and O–H groups in total. The quantitative estimate of drug-likeness (QED) is 0.483. The van der Waals surface area contributed by atoms with E-state index in [2.05, 4.69) is 4.74 Å². The summed E-state index contributed by atoms with van der Waals surface area (Å²) in [6.07, 6.45) is -4.93. The van der Waals surface area contributed by atoms with E-state index in [4.69, 9.17) is 0 Å². The number of hydrogen-bond donors (Lipinski definition) is 1. The van der Waals surface area contributed by atoms with Crippen LogP contribution in [0.2, 0.25) is 0 Å². The lowest BCUT2D eigenvalue weighted by Crippen LogP contribution is -2.37. The van der Waals surface area contributed by atoms with Crippen LogP contribution >= 0.6 is 11.3 Å². The Morgan fingerprint density at radius 1 is 1.38 bits per heavy atom. The molecule has 0 fully saturated rings. The Bertz CT molecular complexity index is 949. The average molecular weight is 393 g/mol. The minimum Gasteiger partial charge on any atom is -0.465 e. The Balaban J connectivity index is 2.57. The van der Waals surface area contributed by atoms with Crippen LogP contribution in [0, 0.1) is 10.1 Å². The first-order valence-corrected chi connectivity index (χ1v) is 7.73. The molecule has 0 saturated heterocycles. The van der Waals surface area contributed by atoms with E-state index in [1.54, 1.807) is 0 Å². The number of nitro benzene ring substituents is 1. The van der Waals surface area contributed by atoms with Crippen LogP contribution in [0.3, 0.4) is 0 Å². The van der Waals surface area contributed by atoms with Crippen molar-refractivity contribution >= 4 is 39.2 Å². The number of nitrogens with zero attached hydrogens (tertiary/aromatic N) is 2. The summed E-state index contributed by atoms with van der Waals surface area (Å²) in [4.78, 5) is 44.2. The number of amides is 1. The molecule has 0 aliphatic rings. The summed E-state index contributed by atoms with van der Waals surface area (Å²) in [5.41, 5.74) is -2.92. The second-order valence-electron chi connectivity index (χ2n) is 4.77. The second-order valence-corrected chi connectivity index (χ2v) is 5.73. The summed E-state index contributed by atoms with van der Waals surface area (Å²) < 4.78 is 43.4. The summed E-state index contributed by atoms with van der Waals surface area (Å²) in [5, 5.41) is 13.1. The third kappa shape index (κ3) is 3.82. The lowest BCUT2D eigenvalue weighted by atomic mass is 10.1. The van der Waals surface area contributed by atoms with Crippen molar-refractivity contribution in [2.75, 3.05) is 13.2 Å². The Labute approximate surface area is 146 Å². The molecule has 0 aliphatic heterocycles. The summed E-state index contributed by atoms with van der Waals surface area (Å²) in [7, 11) is 0. The molecular formula is C13H10F3N3O6S. The SMILES string of the molecule is CCOC(=O)CNC(=O)n1c(=O)sc2c([N+](=O)[O-])cc(C(F)(F)F)cc21. The van der Waals surface area contributed by atoms with Crippen LogP contribution in [0.4, 0.5) is 23.7 Å². The van der Waals surface area contributed by atoms with Gasteiger partial charge in [-0.1, -0.05) is 11.3 Å². The van der Waals surface area contributed by atoms with Gasteiger partial charge in [0.15, 0.2) is 0 Å². The Morgan fingerprint density at radius 2 is 2.04 bits per heavy atom. The minimum absolute atomic E-state index is 0.0389. The molecule has 2 aromatic rings. The molecule has 1 aromatic heterocycles. The van der Waals surface area contributed by atoms with Crippen LogP contribution in [0.1, 0.15) is 12.5 Å². The molecule has 1 aromatic carbocycles. The molecule has 2 rings (SSSR count). The molecule has 140 valence electrons. The number of fused-ring (bicyclic) bond motifs is 1. The Kier molecular flexibility index (Phi) is 5.30. The van der Waals surface area contributed by atoms with E-state index in [9.17, 15) is 37.7 Å². The van der Waals surface area contributed by atoms with Gasteiger partial charge in [0.2, 0.25) is 0 Å². The van der Waals surface area contributed by atoms with Crippen molar-refractivity contribution in [3.8, 4) is 0 Å². The maximum absolute atomic E-state index is 13.0. The third-order valence-electron chi connectivity index (χ3n) is 3.08. The number of carbonyl (C=O) groups excluding carboxylic acids is 2. The van der Waals surface area contributed by atoms with Crippen molar-refractivity contribution in [1.82, 2.24) is 9.88 Å². The minimum atomic E-state index is -4.93. The predicted molar refractivity (Wildman–Crippen MR) is 83.2 cm³/mol. The standard InChI is InChI=1S/C13H10F3N3O6S/c1-2-25-9(20)5-17-11(21)18-7-3-6(13(14,15)16)4-8(19(23)24)10(7)26-12(18)22/h3-4H,2,5H2,1H3,(H,17,21). The van der Waals surface area contributed by atoms with Gasteiger partial charge in [0.1, 0.15) is 11.2 Å². The Hall–Kier alpha value is -2.96. The van der Waals surface area contributed by atoms with Crippen molar-refractivity contribution in [2.45, 2.75) is 13.1 Å². The van der Waals surface area contributed by atoms with E-state index in [1.807, 2.05) is 5.32 Å². The number of hydrogen-bond acceptors (Lipinski definition) is 7. The van der Waals surface area contributed by atoms with Gasteiger partial charge in [-0.25, -0.2) is 9.36 Å². The van der Waals surface area contributed by atoms with Crippen molar-refractivity contribution in [2.24, 2.45) is 0 Å². The van der Waals surface area contributed by atoms with Crippen LogP contribution in [0.5, 0.6) is 0 Å². The fourth-order valence-corrected chi connectivity index (χ4v) is 2.97. The van der Waals surface area contributed by atoms with Gasteiger partial charge in [0.25, 0.3) is 5.69 Å². The molecule has 0 bridgehead atoms. The zero-order valence-corrected chi connectivity index (χ0v) is 13.8. The number of thiazole rings is 1. The number of carbonyl (C=O) groups is 2. The summed E-state index contributed by atoms with van der Waals surface area (Å²) in [6, 6.07) is -0.452. The first-order valence-electron chi connectivity index (χ1n) is 6.91.